The number of amides is 2. The largest absolute Gasteiger partial charge is 0.480 e. The minimum absolute atomic E-state index is 0.170. The number of aliphatic carboxylic acids is 1. The molecule has 0 unspecified atom stereocenters. The van der Waals surface area contributed by atoms with Gasteiger partial charge in [-0.3, -0.25) is 14.6 Å². The SMILES string of the molecule is CC(C)[C@H](NC(=O)OCCCCCc1ccc2nc(N(C)C)[nH]c(=O)c2c1)C(=O)N1CCC[C@H]1C(=O)O. The zero-order valence-electron chi connectivity index (χ0n) is 22.0. The summed E-state index contributed by atoms with van der Waals surface area (Å²) in [5.41, 5.74) is 1.52. The Labute approximate surface area is 216 Å². The number of anilines is 1. The zero-order chi connectivity index (χ0) is 27.1. The van der Waals surface area contributed by atoms with E-state index in [1.807, 2.05) is 32.3 Å². The van der Waals surface area contributed by atoms with Gasteiger partial charge in [-0.2, -0.15) is 0 Å². The molecule has 2 atom stereocenters. The molecule has 2 aromatic rings. The molecule has 37 heavy (non-hydrogen) atoms. The molecule has 0 bridgehead atoms. The maximum absolute atomic E-state index is 12.9. The molecule has 0 saturated carbocycles. The Hall–Kier alpha value is -3.63. The first-order valence-electron chi connectivity index (χ1n) is 12.8. The summed E-state index contributed by atoms with van der Waals surface area (Å²) < 4.78 is 5.27. The number of aryl methyl sites for hydroxylation is 1. The summed E-state index contributed by atoms with van der Waals surface area (Å²) in [6.07, 6.45) is 3.47. The Balaban J connectivity index is 1.42. The molecule has 2 heterocycles. The number of carboxylic acids is 1. The number of benzene rings is 1. The van der Waals surface area contributed by atoms with E-state index in [2.05, 4.69) is 15.3 Å². The van der Waals surface area contributed by atoms with Crippen molar-refractivity contribution >= 4 is 34.8 Å². The Kier molecular flexibility index (Phi) is 9.48. The summed E-state index contributed by atoms with van der Waals surface area (Å²) >= 11 is 0. The van der Waals surface area contributed by atoms with Crippen molar-refractivity contribution < 1.29 is 24.2 Å². The molecule has 1 aliphatic heterocycles. The van der Waals surface area contributed by atoms with E-state index in [0.717, 1.165) is 24.8 Å². The average molecular weight is 516 g/mol. The molecule has 0 radical (unpaired) electrons. The number of rotatable bonds is 11. The van der Waals surface area contributed by atoms with Crippen molar-refractivity contribution in [3.05, 3.63) is 34.1 Å². The number of carbonyl (C=O) groups excluding carboxylic acids is 2. The summed E-state index contributed by atoms with van der Waals surface area (Å²) in [5.74, 6) is -1.12. The van der Waals surface area contributed by atoms with Gasteiger partial charge in [0.25, 0.3) is 5.56 Å². The normalized spacial score (nSPS) is 16.1. The maximum Gasteiger partial charge on any atom is 0.407 e. The van der Waals surface area contributed by atoms with Crippen LogP contribution in [0.1, 0.15) is 51.5 Å². The van der Waals surface area contributed by atoms with Gasteiger partial charge in [-0.15, -0.1) is 0 Å². The number of hydrogen-bond acceptors (Lipinski definition) is 7. The molecule has 2 amide bonds. The van der Waals surface area contributed by atoms with Crippen LogP contribution in [-0.2, 0) is 20.7 Å². The summed E-state index contributed by atoms with van der Waals surface area (Å²) in [6, 6.07) is 4.00. The van der Waals surface area contributed by atoms with Gasteiger partial charge in [-0.1, -0.05) is 19.9 Å². The minimum Gasteiger partial charge on any atom is -0.480 e. The molecule has 3 N–H and O–H groups in total. The van der Waals surface area contributed by atoms with Gasteiger partial charge in [0.1, 0.15) is 12.1 Å². The van der Waals surface area contributed by atoms with E-state index < -0.39 is 24.1 Å². The number of nitrogens with one attached hydrogen (secondary N) is 2. The number of H-pyrrole nitrogens is 1. The molecule has 202 valence electrons. The van der Waals surface area contributed by atoms with E-state index in [9.17, 15) is 24.3 Å². The average Bonchev–Trinajstić information content (AvgIpc) is 3.34. The van der Waals surface area contributed by atoms with E-state index in [1.54, 1.807) is 18.7 Å². The monoisotopic (exact) mass is 515 g/mol. The highest BCUT2D eigenvalue weighted by Gasteiger charge is 2.38. The third kappa shape index (κ3) is 7.21. The predicted octanol–water partition coefficient (Wildman–Crippen LogP) is 2.53. The van der Waals surface area contributed by atoms with E-state index in [-0.39, 0.29) is 24.0 Å². The van der Waals surface area contributed by atoms with Crippen molar-refractivity contribution in [1.82, 2.24) is 20.2 Å². The number of fused-ring (bicyclic) bond motifs is 1. The van der Waals surface area contributed by atoms with Crippen LogP contribution >= 0.6 is 0 Å². The molecule has 11 heteroatoms. The van der Waals surface area contributed by atoms with Crippen molar-refractivity contribution in [2.45, 2.75) is 64.5 Å². The molecule has 3 rings (SSSR count). The van der Waals surface area contributed by atoms with Crippen molar-refractivity contribution in [3.63, 3.8) is 0 Å². The lowest BCUT2D eigenvalue weighted by atomic mass is 10.0. The second kappa shape index (κ2) is 12.6. The van der Waals surface area contributed by atoms with Crippen LogP contribution in [0.15, 0.2) is 23.0 Å². The molecule has 0 spiro atoms. The van der Waals surface area contributed by atoms with Crippen molar-refractivity contribution in [2.75, 3.05) is 32.1 Å². The van der Waals surface area contributed by atoms with Crippen molar-refractivity contribution in [2.24, 2.45) is 5.92 Å². The Morgan fingerprint density at radius 1 is 1.24 bits per heavy atom. The van der Waals surface area contributed by atoms with Crippen LogP contribution in [0.3, 0.4) is 0 Å². The number of nitrogens with zero attached hydrogens (tertiary/aromatic N) is 3. The van der Waals surface area contributed by atoms with Crippen molar-refractivity contribution in [1.29, 1.82) is 0 Å². The van der Waals surface area contributed by atoms with Crippen LogP contribution in [0.5, 0.6) is 0 Å². The molecule has 1 fully saturated rings. The summed E-state index contributed by atoms with van der Waals surface area (Å²) in [7, 11) is 3.64. The van der Waals surface area contributed by atoms with Crippen LogP contribution < -0.4 is 15.8 Å². The fourth-order valence-electron chi connectivity index (χ4n) is 4.46. The number of aromatic nitrogens is 2. The van der Waals surface area contributed by atoms with Gasteiger partial charge in [0, 0.05) is 20.6 Å². The topological polar surface area (TPSA) is 145 Å². The van der Waals surface area contributed by atoms with Gasteiger partial charge >= 0.3 is 12.1 Å². The number of likely N-dealkylation sites (tertiary alicyclic amines) is 1. The number of hydrogen-bond donors (Lipinski definition) is 3. The first kappa shape index (κ1) is 27.9. The third-order valence-corrected chi connectivity index (χ3v) is 6.55. The third-order valence-electron chi connectivity index (χ3n) is 6.55. The highest BCUT2D eigenvalue weighted by atomic mass is 16.5. The first-order chi connectivity index (χ1) is 17.6. The molecular formula is C26H37N5O6. The Morgan fingerprint density at radius 3 is 2.68 bits per heavy atom. The number of aromatic amines is 1. The lowest BCUT2D eigenvalue weighted by Gasteiger charge is -2.29. The van der Waals surface area contributed by atoms with Crippen LogP contribution in [0.2, 0.25) is 0 Å². The Morgan fingerprint density at radius 2 is 2.00 bits per heavy atom. The first-order valence-corrected chi connectivity index (χ1v) is 12.8. The fraction of sp³-hybridized carbons (Fsp3) is 0.577. The number of carbonyl (C=O) groups is 3. The predicted molar refractivity (Wildman–Crippen MR) is 140 cm³/mol. The summed E-state index contributed by atoms with van der Waals surface area (Å²) in [6.45, 7) is 4.18. The quantitative estimate of drug-likeness (QED) is 0.387. The highest BCUT2D eigenvalue weighted by molar-refractivity contribution is 5.90. The van der Waals surface area contributed by atoms with Crippen LogP contribution in [0.25, 0.3) is 10.9 Å². The zero-order valence-corrected chi connectivity index (χ0v) is 22.0. The molecule has 1 aliphatic rings. The summed E-state index contributed by atoms with van der Waals surface area (Å²) in [4.78, 5) is 59.4. The molecule has 1 saturated heterocycles. The number of carboxylic acid groups (broad SMARTS) is 1. The molecular weight excluding hydrogens is 478 g/mol. The molecule has 1 aromatic heterocycles. The maximum atomic E-state index is 12.9. The molecule has 1 aromatic carbocycles. The van der Waals surface area contributed by atoms with E-state index >= 15 is 0 Å². The van der Waals surface area contributed by atoms with Gasteiger partial charge in [-0.25, -0.2) is 14.6 Å². The lowest BCUT2D eigenvalue weighted by Crippen LogP contribution is -2.53. The van der Waals surface area contributed by atoms with Gasteiger partial charge in [0.15, 0.2) is 0 Å². The molecule has 11 nitrogen and oxygen atoms in total. The fourth-order valence-corrected chi connectivity index (χ4v) is 4.46. The highest BCUT2D eigenvalue weighted by Crippen LogP contribution is 2.20. The number of alkyl carbamates (subject to hydrolysis) is 1. The Bertz CT molecular complexity index is 1180. The van der Waals surface area contributed by atoms with Crippen LogP contribution in [-0.4, -0.2) is 77.3 Å². The summed E-state index contributed by atoms with van der Waals surface area (Å²) in [5, 5.41) is 12.5. The van der Waals surface area contributed by atoms with Gasteiger partial charge in [0.2, 0.25) is 11.9 Å². The van der Waals surface area contributed by atoms with Gasteiger partial charge in [-0.05, 0) is 62.1 Å². The second-order valence-electron chi connectivity index (χ2n) is 9.98. The van der Waals surface area contributed by atoms with E-state index in [0.29, 0.717) is 42.7 Å². The molecule has 0 aliphatic carbocycles. The van der Waals surface area contributed by atoms with Gasteiger partial charge in [0.05, 0.1) is 17.5 Å². The van der Waals surface area contributed by atoms with Crippen LogP contribution in [0, 0.1) is 5.92 Å². The lowest BCUT2D eigenvalue weighted by molar-refractivity contribution is -0.149. The van der Waals surface area contributed by atoms with E-state index in [1.165, 1.54) is 4.90 Å². The second-order valence-corrected chi connectivity index (χ2v) is 9.98. The van der Waals surface area contributed by atoms with Crippen LogP contribution in [0.4, 0.5) is 10.7 Å². The number of unbranched alkanes of at least 4 members (excludes halogenated alkanes) is 2. The van der Waals surface area contributed by atoms with Gasteiger partial charge < -0.3 is 25.0 Å². The smallest absolute Gasteiger partial charge is 0.407 e. The number of ether oxygens (including phenoxy) is 1. The van der Waals surface area contributed by atoms with Crippen molar-refractivity contribution in [3.8, 4) is 0 Å². The minimum atomic E-state index is -1.03. The standard InChI is InChI=1S/C26H37N5O6/c1-16(2)21(23(33)31-13-8-10-20(31)24(34)35)28-26(36)37-14-7-5-6-9-17-11-12-19-18(15-17)22(32)29-25(27-19)30(3)4/h11-12,15-16,20-21H,5-10,13-14H2,1-4H3,(H,28,36)(H,34,35)(H,27,29,32)/t20-,21-/m0/s1. The van der Waals surface area contributed by atoms with E-state index in [4.69, 9.17) is 4.74 Å².